The molecule has 0 saturated carbocycles. The first-order chi connectivity index (χ1) is 32.7. The average molecular weight is 1110 g/mol. The van der Waals surface area contributed by atoms with E-state index in [4.69, 9.17) is 23.5 Å². The van der Waals surface area contributed by atoms with Gasteiger partial charge in [0.05, 0.1) is 20.9 Å². The lowest BCUT2D eigenvalue weighted by Gasteiger charge is -2.13. The number of nitrogens with two attached hydrogens (primary N) is 2. The molecule has 0 bridgehead atoms. The highest BCUT2D eigenvalue weighted by Crippen LogP contribution is 2.48. The topological polar surface area (TPSA) is 539 Å². The second kappa shape index (κ2) is 19.8. The third-order valence-electron chi connectivity index (χ3n) is 8.87. The Hall–Kier alpha value is -7.92. The van der Waals surface area contributed by atoms with Crippen molar-refractivity contribution in [2.24, 2.45) is 35.8 Å². The number of fused-ring (bicyclic) bond motifs is 2. The number of ether oxygens (including phenoxy) is 1. The number of nitro groups is 1. The van der Waals surface area contributed by atoms with Gasteiger partial charge in [0.15, 0.2) is 17.2 Å². The molecule has 0 aromatic heterocycles. The maximum Gasteiger partial charge on any atom is 0.425 e. The molecule has 10 N–H and O–H groups in total. The van der Waals surface area contributed by atoms with Crippen molar-refractivity contribution in [3.63, 3.8) is 0 Å². The van der Waals surface area contributed by atoms with Crippen LogP contribution in [-0.4, -0.2) is 94.5 Å². The van der Waals surface area contributed by atoms with Crippen LogP contribution in [0.1, 0.15) is 0 Å². The van der Waals surface area contributed by atoms with Gasteiger partial charge in [-0.1, -0.05) is 6.07 Å². The van der Waals surface area contributed by atoms with Crippen LogP contribution in [-0.2, 0) is 65.9 Å². The van der Waals surface area contributed by atoms with Gasteiger partial charge < -0.3 is 20.7 Å². The van der Waals surface area contributed by atoms with Crippen molar-refractivity contribution < 1.29 is 97.6 Å². The Balaban J connectivity index is 0.00000226. The summed E-state index contributed by atoms with van der Waals surface area (Å²) < 4.78 is 194. The number of hydrogen-bond donors (Lipinski definition) is 8. The Morgan fingerprint density at radius 2 is 1.08 bits per heavy atom. The van der Waals surface area contributed by atoms with Gasteiger partial charge in [-0.2, -0.15) is 33.7 Å². The largest absolute Gasteiger partial charge is 0.505 e. The van der Waals surface area contributed by atoms with Crippen LogP contribution in [0.2, 0.25) is 0 Å². The average Bonchev–Trinajstić information content (AvgIpc) is 3.23. The number of carbonyl (C=O) groups excluding carboxylic acids is 1. The summed E-state index contributed by atoms with van der Waals surface area (Å²) in [6.07, 6.45) is 0. The first-order valence-corrected chi connectivity index (χ1v) is 25.9. The van der Waals surface area contributed by atoms with Crippen molar-refractivity contribution in [3.8, 4) is 17.2 Å². The number of benzene rings is 6. The predicted octanol–water partition coefficient (Wildman–Crippen LogP) is 4.31. The molecule has 6 rings (SSSR count). The lowest BCUT2D eigenvalue weighted by Crippen LogP contribution is -2.12. The van der Waals surface area contributed by atoms with Gasteiger partial charge >= 0.3 is 10.6 Å². The van der Waals surface area contributed by atoms with Crippen molar-refractivity contribution in [3.05, 3.63) is 82.9 Å². The first kappa shape index (κ1) is 54.0. The smallest absolute Gasteiger partial charge is 0.425 e. The molecule has 38 heteroatoms. The van der Waals surface area contributed by atoms with Crippen LogP contribution in [0.5, 0.6) is 17.2 Å². The van der Waals surface area contributed by atoms with E-state index in [9.17, 15) is 85.4 Å². The van der Waals surface area contributed by atoms with Crippen molar-refractivity contribution >= 4 is 135 Å². The van der Waals surface area contributed by atoms with Crippen molar-refractivity contribution in [2.75, 3.05) is 5.73 Å². The number of primary sulfonamides is 1. The minimum Gasteiger partial charge on any atom is -0.505 e. The normalized spacial score (nSPS) is 12.6. The molecule has 0 fully saturated rings. The Kier molecular flexibility index (Phi) is 15.1. The summed E-state index contributed by atoms with van der Waals surface area (Å²) in [4.78, 5) is 15.9. The minimum absolute atomic E-state index is 0.152. The summed E-state index contributed by atoms with van der Waals surface area (Å²) in [5, 5.41) is 57.9. The highest BCUT2D eigenvalue weighted by Gasteiger charge is 2.29. The minimum atomic E-state index is -5.60. The van der Waals surface area contributed by atoms with Crippen molar-refractivity contribution in [1.29, 1.82) is 0 Å². The number of phenols is 2. The maximum atomic E-state index is 12.9. The van der Waals surface area contributed by atoms with Crippen LogP contribution >= 0.6 is 0 Å². The predicted molar refractivity (Wildman–Crippen MR) is 235 cm³/mol. The van der Waals surface area contributed by atoms with Crippen LogP contribution in [0.4, 0.5) is 45.5 Å². The molecule has 0 heterocycles. The van der Waals surface area contributed by atoms with E-state index in [2.05, 4.69) is 35.4 Å². The van der Waals surface area contributed by atoms with Crippen molar-refractivity contribution in [2.45, 2.75) is 24.5 Å². The van der Waals surface area contributed by atoms with Gasteiger partial charge in [-0.3, -0.25) is 33.1 Å². The fourth-order valence-electron chi connectivity index (χ4n) is 5.99. The molecule has 71 heavy (non-hydrogen) atoms. The number of anilines is 1. The lowest BCUT2D eigenvalue weighted by atomic mass is 10.1. The van der Waals surface area contributed by atoms with Crippen LogP contribution < -0.4 is 15.6 Å². The summed E-state index contributed by atoms with van der Waals surface area (Å²) in [5.41, 5.74) is 0.219. The molecule has 6 aromatic rings. The molecule has 0 aliphatic rings. The van der Waals surface area contributed by atoms with Crippen LogP contribution in [0.3, 0.4) is 0 Å². The van der Waals surface area contributed by atoms with E-state index < -0.39 is 175 Å². The SMILES string of the molecule is Nc1c(N=Nc2ccc3c(O)c(N=Nc4ccc(S(N)(=O)=O)cc4OC=O)c(S(=O)(=O)O)cc3c2S(=O)(=O)O)cc(S(=O)(=O)O)c2ccc(N=Nc3ccc([N+](=O)[O-])cc3S(=O)(=O)O)c(O)c12.O=S(=O)=O. The fourth-order valence-corrected chi connectivity index (χ4v) is 9.34. The zero-order chi connectivity index (χ0) is 53.3. The molecule has 0 saturated heterocycles. The monoisotopic (exact) mass is 1100 g/mol. The van der Waals surface area contributed by atoms with Gasteiger partial charge in [0.2, 0.25) is 10.0 Å². The Labute approximate surface area is 396 Å². The third-order valence-corrected chi connectivity index (χ3v) is 13.4. The van der Waals surface area contributed by atoms with E-state index in [1.165, 1.54) is 0 Å². The molecule has 0 atom stereocenters. The van der Waals surface area contributed by atoms with E-state index in [1.807, 2.05) is 0 Å². The number of nitrogens with zero attached hydrogens (tertiary/aromatic N) is 7. The number of azo groups is 3. The lowest BCUT2D eigenvalue weighted by molar-refractivity contribution is -0.385. The van der Waals surface area contributed by atoms with E-state index >= 15 is 0 Å². The second-order valence-corrected chi connectivity index (χ2v) is 20.7. The molecule has 0 amide bonds. The molecule has 32 nitrogen and oxygen atoms in total. The molecule has 0 radical (unpaired) electrons. The van der Waals surface area contributed by atoms with Gasteiger partial charge in [0.1, 0.15) is 53.7 Å². The summed E-state index contributed by atoms with van der Waals surface area (Å²) in [6, 6.07) is 8.95. The standard InChI is InChI=1S/C33H23N9O20S5.O3S/c34-29-23(12-25(64(50,51)52)17-4-7-21(32(45)28(17)29)38-37-20-5-1-14(42(46)47)9-26(20)65(53,54)55)40-39-22-8-3-16-18(33(22)67(59,60)61)11-27(66(56,57)58)30(31(16)44)41-36-19-6-2-15(63(35,48)49)10-24(19)62-13-43;1-4(2)3/h1-13,44-45H,34H2,(H2,35,48,49)(H,50,51,52)(H,53,54,55)(H,56,57,58)(H,59,60,61);. The van der Waals surface area contributed by atoms with Gasteiger partial charge in [0, 0.05) is 34.4 Å². The Morgan fingerprint density at radius 1 is 0.577 bits per heavy atom. The number of nitro benzene ring substituents is 1. The van der Waals surface area contributed by atoms with Crippen LogP contribution in [0.15, 0.2) is 128 Å². The van der Waals surface area contributed by atoms with E-state index in [0.29, 0.717) is 18.2 Å². The Bertz CT molecular complexity index is 4090. The highest BCUT2D eigenvalue weighted by molar-refractivity contribution is 7.89. The van der Waals surface area contributed by atoms with Gasteiger partial charge in [-0.15, -0.1) is 43.3 Å². The molecule has 0 aliphatic heterocycles. The number of carbonyl (C=O) groups is 1. The highest BCUT2D eigenvalue weighted by atomic mass is 32.2. The summed E-state index contributed by atoms with van der Waals surface area (Å²) in [5.74, 6) is -2.87. The third kappa shape index (κ3) is 12.1. The number of non-ortho nitro benzene ring substituents is 1. The zero-order valence-corrected chi connectivity index (χ0v) is 38.8. The van der Waals surface area contributed by atoms with E-state index in [1.54, 1.807) is 0 Å². The molecular formula is C33H23N9O23S6. The van der Waals surface area contributed by atoms with Gasteiger partial charge in [-0.05, 0) is 48.5 Å². The molecule has 0 aliphatic carbocycles. The number of nitrogen functional groups attached to an aromatic ring is 1. The van der Waals surface area contributed by atoms with E-state index in [-0.39, 0.29) is 6.47 Å². The van der Waals surface area contributed by atoms with Crippen LogP contribution in [0.25, 0.3) is 21.5 Å². The summed E-state index contributed by atoms with van der Waals surface area (Å²) >= 11 is 0. The second-order valence-electron chi connectivity index (χ2n) is 13.2. The maximum absolute atomic E-state index is 12.9. The molecule has 0 spiro atoms. The zero-order valence-electron chi connectivity index (χ0n) is 33.9. The van der Waals surface area contributed by atoms with E-state index in [0.717, 1.165) is 54.6 Å². The van der Waals surface area contributed by atoms with Crippen LogP contribution in [0, 0.1) is 10.1 Å². The molecular weight excluding hydrogens is 1080 g/mol. The van der Waals surface area contributed by atoms with Gasteiger partial charge in [-0.25, -0.2) is 13.6 Å². The number of hydrogen-bond acceptors (Lipinski definition) is 26. The molecule has 374 valence electrons. The number of aromatic hydroxyl groups is 2. The molecule has 0 unspecified atom stereocenters. The molecule has 6 aromatic carbocycles. The first-order valence-electron chi connectivity index (χ1n) is 17.5. The van der Waals surface area contributed by atoms with Gasteiger partial charge in [0.25, 0.3) is 52.6 Å². The Morgan fingerprint density at radius 3 is 1.63 bits per heavy atom. The number of sulfonamides is 1. The summed E-state index contributed by atoms with van der Waals surface area (Å²) in [7, 11) is -29.0. The quantitative estimate of drug-likeness (QED) is 0.0188. The fraction of sp³-hybridized carbons (Fsp3) is 0. The number of phenolic OH excluding ortho intramolecular Hbond substituents is 2. The summed E-state index contributed by atoms with van der Waals surface area (Å²) in [6.45, 7) is -0.152. The number of rotatable bonds is 14. The van der Waals surface area contributed by atoms with Crippen molar-refractivity contribution in [1.82, 2.24) is 0 Å².